The van der Waals surface area contributed by atoms with E-state index in [-0.39, 0.29) is 16.5 Å². The molecule has 0 bridgehead atoms. The standard InChI is InChI=1S/2C12H24O2.Ni/c2*1-2-3-4-5-6-7-8-9-10-11-12(13)14;/h2*2-11H2,1H3,(H,13,14);. The normalized spacial score (nSPS) is 10.0. The first-order valence-corrected chi connectivity index (χ1v) is 12.0. The molecule has 0 spiro atoms. The number of carbonyl (C=O) groups is 2. The summed E-state index contributed by atoms with van der Waals surface area (Å²) < 4.78 is 0. The Morgan fingerprint density at radius 1 is 0.448 bits per heavy atom. The average molecular weight is 459 g/mol. The molecule has 178 valence electrons. The minimum atomic E-state index is -0.659. The molecule has 0 atom stereocenters. The smallest absolute Gasteiger partial charge is 0.303 e. The quantitative estimate of drug-likeness (QED) is 0.143. The van der Waals surface area contributed by atoms with E-state index in [0.717, 1.165) is 25.7 Å². The zero-order valence-electron chi connectivity index (χ0n) is 19.2. The number of aliphatic carboxylic acids is 2. The summed E-state index contributed by atoms with van der Waals surface area (Å²) in [5, 5.41) is 16.8. The van der Waals surface area contributed by atoms with Crippen LogP contribution in [0, 0.1) is 0 Å². The number of hydrogen-bond donors (Lipinski definition) is 2. The molecule has 2 N–H and O–H groups in total. The zero-order chi connectivity index (χ0) is 21.3. The minimum Gasteiger partial charge on any atom is -0.481 e. The molecule has 0 aliphatic carbocycles. The zero-order valence-corrected chi connectivity index (χ0v) is 20.2. The Labute approximate surface area is 190 Å². The van der Waals surface area contributed by atoms with E-state index in [1.807, 2.05) is 0 Å². The van der Waals surface area contributed by atoms with Gasteiger partial charge in [-0.3, -0.25) is 9.59 Å². The predicted octanol–water partition coefficient (Wildman–Crippen LogP) is 7.98. The summed E-state index contributed by atoms with van der Waals surface area (Å²) in [6, 6.07) is 0. The molecule has 0 rings (SSSR count). The second kappa shape index (κ2) is 29.6. The Hall–Kier alpha value is -0.566. The van der Waals surface area contributed by atoms with Gasteiger partial charge in [0.1, 0.15) is 0 Å². The van der Waals surface area contributed by atoms with Gasteiger partial charge in [0.15, 0.2) is 0 Å². The second-order valence-electron chi connectivity index (χ2n) is 7.94. The summed E-state index contributed by atoms with van der Waals surface area (Å²) in [7, 11) is 0. The fourth-order valence-corrected chi connectivity index (χ4v) is 3.17. The molecule has 0 saturated carbocycles. The average Bonchev–Trinajstić information content (AvgIpc) is 2.65. The summed E-state index contributed by atoms with van der Waals surface area (Å²) in [6.45, 7) is 4.46. The van der Waals surface area contributed by atoms with Gasteiger partial charge in [-0.2, -0.15) is 0 Å². The van der Waals surface area contributed by atoms with E-state index in [1.54, 1.807) is 0 Å². The Morgan fingerprint density at radius 2 is 0.655 bits per heavy atom. The first-order chi connectivity index (χ1) is 13.5. The van der Waals surface area contributed by atoms with Crippen molar-refractivity contribution in [3.05, 3.63) is 0 Å². The summed E-state index contributed by atoms with van der Waals surface area (Å²) in [4.78, 5) is 20.4. The molecule has 0 amide bonds. The van der Waals surface area contributed by atoms with E-state index in [4.69, 9.17) is 10.2 Å². The van der Waals surface area contributed by atoms with Gasteiger partial charge in [-0.15, -0.1) is 0 Å². The molecular formula is C24H48NiO4. The van der Waals surface area contributed by atoms with Crippen LogP contribution in [0.1, 0.15) is 142 Å². The van der Waals surface area contributed by atoms with Gasteiger partial charge in [0.25, 0.3) is 0 Å². The molecule has 0 aliphatic rings. The molecule has 29 heavy (non-hydrogen) atoms. The summed E-state index contributed by atoms with van der Waals surface area (Å²) in [5.41, 5.74) is 0. The third-order valence-electron chi connectivity index (χ3n) is 4.99. The first kappa shape index (κ1) is 33.1. The van der Waals surface area contributed by atoms with Gasteiger partial charge in [-0.1, -0.05) is 117 Å². The molecule has 0 aromatic rings. The van der Waals surface area contributed by atoms with Gasteiger partial charge in [0.2, 0.25) is 0 Å². The van der Waals surface area contributed by atoms with Gasteiger partial charge in [-0.05, 0) is 12.8 Å². The van der Waals surface area contributed by atoms with E-state index in [9.17, 15) is 9.59 Å². The maximum atomic E-state index is 10.2. The van der Waals surface area contributed by atoms with Crippen LogP contribution in [0.5, 0.6) is 0 Å². The fourth-order valence-electron chi connectivity index (χ4n) is 3.17. The number of carboxylic acid groups (broad SMARTS) is 2. The Bertz CT molecular complexity index is 303. The van der Waals surface area contributed by atoms with Crippen LogP contribution in [0.4, 0.5) is 0 Å². The van der Waals surface area contributed by atoms with Crippen LogP contribution < -0.4 is 0 Å². The summed E-state index contributed by atoms with van der Waals surface area (Å²) in [6.07, 6.45) is 23.0. The largest absolute Gasteiger partial charge is 0.481 e. The Balaban J connectivity index is -0.000000451. The van der Waals surface area contributed by atoms with Crippen LogP contribution in [0.2, 0.25) is 0 Å². The van der Waals surface area contributed by atoms with E-state index < -0.39 is 11.9 Å². The molecule has 0 heterocycles. The topological polar surface area (TPSA) is 74.6 Å². The van der Waals surface area contributed by atoms with Crippen molar-refractivity contribution in [1.82, 2.24) is 0 Å². The second-order valence-corrected chi connectivity index (χ2v) is 7.94. The van der Waals surface area contributed by atoms with Crippen molar-refractivity contribution in [3.8, 4) is 0 Å². The monoisotopic (exact) mass is 458 g/mol. The van der Waals surface area contributed by atoms with Crippen molar-refractivity contribution in [2.45, 2.75) is 142 Å². The van der Waals surface area contributed by atoms with Gasteiger partial charge in [0, 0.05) is 29.3 Å². The van der Waals surface area contributed by atoms with Crippen molar-refractivity contribution in [1.29, 1.82) is 0 Å². The number of hydrogen-bond acceptors (Lipinski definition) is 2. The van der Waals surface area contributed by atoms with E-state index >= 15 is 0 Å². The van der Waals surface area contributed by atoms with Crippen LogP contribution in [0.15, 0.2) is 0 Å². The summed E-state index contributed by atoms with van der Waals surface area (Å²) >= 11 is 0. The molecule has 0 aromatic heterocycles. The predicted molar refractivity (Wildman–Crippen MR) is 119 cm³/mol. The SMILES string of the molecule is CCCCCCCCCCCC(=O)O.CCCCCCCCCCCC(=O)O.[Ni]. The van der Waals surface area contributed by atoms with Crippen LogP contribution in [-0.2, 0) is 26.1 Å². The third kappa shape index (κ3) is 38.6. The van der Waals surface area contributed by atoms with E-state index in [2.05, 4.69) is 13.8 Å². The maximum Gasteiger partial charge on any atom is 0.303 e. The number of carboxylic acids is 2. The van der Waals surface area contributed by atoms with Crippen molar-refractivity contribution in [2.24, 2.45) is 0 Å². The molecular weight excluding hydrogens is 411 g/mol. The molecule has 0 radical (unpaired) electrons. The molecule has 5 heteroatoms. The molecule has 0 unspecified atom stereocenters. The van der Waals surface area contributed by atoms with Gasteiger partial charge in [0.05, 0.1) is 0 Å². The maximum absolute atomic E-state index is 10.2. The molecule has 4 nitrogen and oxygen atoms in total. The minimum absolute atomic E-state index is 0. The van der Waals surface area contributed by atoms with Crippen LogP contribution in [0.3, 0.4) is 0 Å². The van der Waals surface area contributed by atoms with Gasteiger partial charge >= 0.3 is 11.9 Å². The molecule has 0 aromatic carbocycles. The van der Waals surface area contributed by atoms with Crippen LogP contribution in [-0.4, -0.2) is 22.2 Å². The van der Waals surface area contributed by atoms with Crippen molar-refractivity contribution in [2.75, 3.05) is 0 Å². The first-order valence-electron chi connectivity index (χ1n) is 12.0. The number of unbranched alkanes of at least 4 members (excludes halogenated alkanes) is 16. The van der Waals surface area contributed by atoms with Crippen LogP contribution >= 0.6 is 0 Å². The Kier molecular flexibility index (Phi) is 33.8. The molecule has 0 saturated heterocycles. The number of rotatable bonds is 20. The van der Waals surface area contributed by atoms with Crippen LogP contribution in [0.25, 0.3) is 0 Å². The van der Waals surface area contributed by atoms with Crippen molar-refractivity contribution in [3.63, 3.8) is 0 Å². The van der Waals surface area contributed by atoms with Crippen molar-refractivity contribution < 1.29 is 36.3 Å². The van der Waals surface area contributed by atoms with E-state index in [0.29, 0.717) is 12.8 Å². The third-order valence-corrected chi connectivity index (χ3v) is 4.99. The van der Waals surface area contributed by atoms with Gasteiger partial charge < -0.3 is 10.2 Å². The molecule has 0 aliphatic heterocycles. The van der Waals surface area contributed by atoms with Gasteiger partial charge in [-0.25, -0.2) is 0 Å². The molecule has 0 fully saturated rings. The van der Waals surface area contributed by atoms with E-state index in [1.165, 1.54) is 89.9 Å². The Morgan fingerprint density at radius 3 is 0.862 bits per heavy atom. The van der Waals surface area contributed by atoms with Crippen molar-refractivity contribution >= 4 is 11.9 Å². The summed E-state index contributed by atoms with van der Waals surface area (Å²) in [5.74, 6) is -1.32. The fraction of sp³-hybridized carbons (Fsp3) is 0.917.